The van der Waals surface area contributed by atoms with E-state index in [1.165, 1.54) is 5.56 Å². The molecule has 0 amide bonds. The molecule has 0 aliphatic heterocycles. The van der Waals surface area contributed by atoms with Crippen molar-refractivity contribution in [2.45, 2.75) is 18.9 Å². The molecular weight excluding hydrogens is 212 g/mol. The van der Waals surface area contributed by atoms with Gasteiger partial charge in [-0.1, -0.05) is 0 Å². The Morgan fingerprint density at radius 2 is 2.12 bits per heavy atom. The van der Waals surface area contributed by atoms with E-state index in [0.29, 0.717) is 6.54 Å². The Hall–Kier alpha value is -1.44. The zero-order valence-corrected chi connectivity index (χ0v) is 10.8. The van der Waals surface area contributed by atoms with E-state index in [0.717, 1.165) is 13.0 Å². The summed E-state index contributed by atoms with van der Waals surface area (Å²) in [5.41, 5.74) is 0.794. The number of hydrogen-bond acceptors (Lipinski definition) is 4. The highest BCUT2D eigenvalue weighted by molar-refractivity contribution is 5.10. The Morgan fingerprint density at radius 1 is 1.47 bits per heavy atom. The number of aromatic nitrogens is 1. The largest absolute Gasteiger partial charge is 0.303 e. The van der Waals surface area contributed by atoms with Gasteiger partial charge in [-0.25, -0.2) is 0 Å². The van der Waals surface area contributed by atoms with Crippen molar-refractivity contribution in [2.24, 2.45) is 0 Å². The Kier molecular flexibility index (Phi) is 5.08. The third-order valence-corrected chi connectivity index (χ3v) is 2.92. The van der Waals surface area contributed by atoms with Gasteiger partial charge in [0.15, 0.2) is 0 Å². The number of likely N-dealkylation sites (N-methyl/N-ethyl adjacent to an activating group) is 2. The maximum absolute atomic E-state index is 9.07. The van der Waals surface area contributed by atoms with Gasteiger partial charge in [0.05, 0.1) is 6.07 Å². The molecule has 92 valence electrons. The van der Waals surface area contributed by atoms with Gasteiger partial charge in [-0.2, -0.15) is 5.26 Å². The molecule has 0 aromatic carbocycles. The Balaban J connectivity index is 2.41. The van der Waals surface area contributed by atoms with Gasteiger partial charge in [0.25, 0.3) is 0 Å². The van der Waals surface area contributed by atoms with Crippen molar-refractivity contribution < 1.29 is 0 Å². The Morgan fingerprint density at radius 3 is 2.65 bits per heavy atom. The number of nitrogens with zero attached hydrogens (tertiary/aromatic N) is 3. The molecule has 1 aromatic heterocycles. The first-order valence-corrected chi connectivity index (χ1v) is 5.77. The van der Waals surface area contributed by atoms with Crippen molar-refractivity contribution in [1.29, 1.82) is 5.26 Å². The van der Waals surface area contributed by atoms with Crippen LogP contribution in [-0.4, -0.2) is 42.6 Å². The second-order valence-corrected chi connectivity index (χ2v) is 4.54. The molecule has 0 radical (unpaired) electrons. The van der Waals surface area contributed by atoms with Crippen LogP contribution in [0.25, 0.3) is 0 Å². The van der Waals surface area contributed by atoms with Crippen LogP contribution in [0.1, 0.15) is 12.5 Å². The number of hydrogen-bond donors (Lipinski definition) is 1. The lowest BCUT2D eigenvalue weighted by Crippen LogP contribution is -2.48. The fourth-order valence-electron chi connectivity index (χ4n) is 1.66. The van der Waals surface area contributed by atoms with Crippen LogP contribution in [0.3, 0.4) is 0 Å². The summed E-state index contributed by atoms with van der Waals surface area (Å²) in [6, 6.07) is 6.34. The molecule has 0 bridgehead atoms. The SMILES string of the molecule is CNC(C)(C#N)CN(C)CCc1ccncc1. The lowest BCUT2D eigenvalue weighted by molar-refractivity contribution is 0.271. The fourth-order valence-corrected chi connectivity index (χ4v) is 1.66. The van der Waals surface area contributed by atoms with E-state index in [2.05, 4.69) is 21.3 Å². The average Bonchev–Trinajstić information content (AvgIpc) is 2.37. The average molecular weight is 232 g/mol. The van der Waals surface area contributed by atoms with Crippen molar-refractivity contribution in [1.82, 2.24) is 15.2 Å². The van der Waals surface area contributed by atoms with Crippen LogP contribution in [0.4, 0.5) is 0 Å². The fraction of sp³-hybridized carbons (Fsp3) is 0.538. The van der Waals surface area contributed by atoms with Gasteiger partial charge in [-0.3, -0.25) is 4.98 Å². The summed E-state index contributed by atoms with van der Waals surface area (Å²) in [7, 11) is 3.86. The summed E-state index contributed by atoms with van der Waals surface area (Å²) in [4.78, 5) is 6.16. The quantitative estimate of drug-likeness (QED) is 0.796. The van der Waals surface area contributed by atoms with Crippen LogP contribution in [0.5, 0.6) is 0 Å². The third-order valence-electron chi connectivity index (χ3n) is 2.92. The molecule has 4 nitrogen and oxygen atoms in total. The maximum atomic E-state index is 9.07. The molecule has 0 spiro atoms. The van der Waals surface area contributed by atoms with Crippen molar-refractivity contribution in [3.63, 3.8) is 0 Å². The Bertz CT molecular complexity index is 371. The van der Waals surface area contributed by atoms with Gasteiger partial charge in [0.1, 0.15) is 5.54 Å². The number of nitrogens with one attached hydrogen (secondary N) is 1. The third kappa shape index (κ3) is 4.51. The van der Waals surface area contributed by atoms with Gasteiger partial charge in [0, 0.05) is 25.5 Å². The molecule has 0 fully saturated rings. The van der Waals surface area contributed by atoms with E-state index in [-0.39, 0.29) is 0 Å². The van der Waals surface area contributed by atoms with E-state index < -0.39 is 5.54 Å². The van der Waals surface area contributed by atoms with Crippen LogP contribution in [0.2, 0.25) is 0 Å². The van der Waals surface area contributed by atoms with E-state index >= 15 is 0 Å². The molecule has 1 aromatic rings. The van der Waals surface area contributed by atoms with E-state index in [1.54, 1.807) is 0 Å². The molecule has 1 rings (SSSR count). The first kappa shape index (κ1) is 13.6. The molecule has 0 saturated carbocycles. The van der Waals surface area contributed by atoms with Crippen molar-refractivity contribution in [3.8, 4) is 6.07 Å². The van der Waals surface area contributed by atoms with Gasteiger partial charge < -0.3 is 10.2 Å². The van der Waals surface area contributed by atoms with Crippen molar-refractivity contribution in [2.75, 3.05) is 27.2 Å². The highest BCUT2D eigenvalue weighted by atomic mass is 15.1. The minimum Gasteiger partial charge on any atom is -0.303 e. The molecular formula is C13H20N4. The molecule has 17 heavy (non-hydrogen) atoms. The lowest BCUT2D eigenvalue weighted by Gasteiger charge is -2.27. The van der Waals surface area contributed by atoms with Gasteiger partial charge >= 0.3 is 0 Å². The van der Waals surface area contributed by atoms with Crippen molar-refractivity contribution >= 4 is 0 Å². The van der Waals surface area contributed by atoms with Crippen LogP contribution in [0, 0.1) is 11.3 Å². The van der Waals surface area contributed by atoms with Crippen LogP contribution in [-0.2, 0) is 6.42 Å². The topological polar surface area (TPSA) is 52.0 Å². The summed E-state index contributed by atoms with van der Waals surface area (Å²) in [6.45, 7) is 3.56. The molecule has 0 saturated heterocycles. The zero-order valence-electron chi connectivity index (χ0n) is 10.8. The molecule has 0 aliphatic carbocycles. The number of nitriles is 1. The first-order chi connectivity index (χ1) is 8.09. The first-order valence-electron chi connectivity index (χ1n) is 5.77. The summed E-state index contributed by atoms with van der Waals surface area (Å²) < 4.78 is 0. The Labute approximate surface area is 103 Å². The smallest absolute Gasteiger partial charge is 0.116 e. The summed E-state index contributed by atoms with van der Waals surface area (Å²) >= 11 is 0. The molecule has 4 heteroatoms. The summed E-state index contributed by atoms with van der Waals surface area (Å²) in [5, 5.41) is 12.1. The molecule has 0 aliphatic rings. The second kappa shape index (κ2) is 6.33. The molecule has 1 unspecified atom stereocenters. The highest BCUT2D eigenvalue weighted by Gasteiger charge is 2.22. The standard InChI is InChI=1S/C13H20N4/c1-13(10-14,15-2)11-17(3)9-6-12-4-7-16-8-5-12/h4-5,7-8,15H,6,9,11H2,1-3H3. The monoisotopic (exact) mass is 232 g/mol. The minimum absolute atomic E-state index is 0.479. The zero-order chi connectivity index (χ0) is 12.7. The lowest BCUT2D eigenvalue weighted by atomic mass is 10.0. The second-order valence-electron chi connectivity index (χ2n) is 4.54. The van der Waals surface area contributed by atoms with Crippen LogP contribution >= 0.6 is 0 Å². The van der Waals surface area contributed by atoms with E-state index in [1.807, 2.05) is 45.5 Å². The normalized spacial score (nSPS) is 14.3. The maximum Gasteiger partial charge on any atom is 0.116 e. The number of rotatable bonds is 6. The van der Waals surface area contributed by atoms with Gasteiger partial charge in [-0.05, 0) is 45.1 Å². The van der Waals surface area contributed by atoms with E-state index in [4.69, 9.17) is 5.26 Å². The minimum atomic E-state index is -0.479. The predicted octanol–water partition coefficient (Wildman–Crippen LogP) is 1.06. The highest BCUT2D eigenvalue weighted by Crippen LogP contribution is 2.05. The van der Waals surface area contributed by atoms with Gasteiger partial charge in [-0.15, -0.1) is 0 Å². The molecule has 1 atom stereocenters. The predicted molar refractivity (Wildman–Crippen MR) is 68.5 cm³/mol. The van der Waals surface area contributed by atoms with Crippen molar-refractivity contribution in [3.05, 3.63) is 30.1 Å². The summed E-state index contributed by atoms with van der Waals surface area (Å²) in [6.07, 6.45) is 4.59. The van der Waals surface area contributed by atoms with Gasteiger partial charge in [0.2, 0.25) is 0 Å². The van der Waals surface area contributed by atoms with E-state index in [9.17, 15) is 0 Å². The molecule has 1 N–H and O–H groups in total. The molecule has 1 heterocycles. The van der Waals surface area contributed by atoms with Crippen LogP contribution in [0.15, 0.2) is 24.5 Å². The number of pyridine rings is 1. The summed E-state index contributed by atoms with van der Waals surface area (Å²) in [5.74, 6) is 0. The van der Waals surface area contributed by atoms with Crippen LogP contribution < -0.4 is 5.32 Å².